The smallest absolute Gasteiger partial charge is 0.113 e. The quantitative estimate of drug-likeness (QED) is 0.118. The Morgan fingerprint density at radius 1 is 0.824 bits per heavy atom. The number of hydrogen-bond acceptors (Lipinski definition) is 4. The summed E-state index contributed by atoms with van der Waals surface area (Å²) < 4.78 is 21.6. The maximum atomic E-state index is 9.04. The largest absolute Gasteiger partial charge is 0.362 e. The molecule has 1 radical (unpaired) electrons. The van der Waals surface area contributed by atoms with Crippen LogP contribution >= 0.6 is 11.3 Å². The average molecular weight is 881 g/mol. The van der Waals surface area contributed by atoms with Crippen LogP contribution < -0.4 is 5.19 Å². The third-order valence-electron chi connectivity index (χ3n) is 8.91. The Balaban J connectivity index is 0.000000178. The minimum Gasteiger partial charge on any atom is -0.362 e. The molecule has 4 heterocycles. The average Bonchev–Trinajstić information content (AvgIpc) is 3.74. The van der Waals surface area contributed by atoms with E-state index in [2.05, 4.69) is 90.5 Å². The van der Waals surface area contributed by atoms with Crippen molar-refractivity contribution < 1.29 is 22.8 Å². The summed E-state index contributed by atoms with van der Waals surface area (Å²) >= 11 is 1.72. The van der Waals surface area contributed by atoms with Crippen molar-refractivity contribution in [3.8, 4) is 22.6 Å². The maximum Gasteiger partial charge on any atom is 0.113 e. The fourth-order valence-corrected chi connectivity index (χ4v) is 8.96. The van der Waals surface area contributed by atoms with Crippen LogP contribution in [0.2, 0.25) is 19.6 Å². The molecule has 4 aromatic heterocycles. The Kier molecular flexibility index (Phi) is 10.3. The first-order valence-electron chi connectivity index (χ1n) is 18.1. The number of thiophene rings is 1. The Labute approximate surface area is 322 Å². The van der Waals surface area contributed by atoms with E-state index in [1.165, 1.54) is 15.5 Å². The SMILES string of the molecule is CC(C)n1c(-c2[c-]ccc3c2sc2ncccc23)nc2ccccc21.[2H]C([2H])(c1cc(-c2[c-]cccc2)ncc1[Si](C)(C)C)C(C)c1ccccc1.[Ir]. The molecule has 0 bridgehead atoms. The zero-order valence-corrected chi connectivity index (χ0v) is 33.9. The van der Waals surface area contributed by atoms with Crippen LogP contribution in [-0.4, -0.2) is 27.6 Å². The second kappa shape index (κ2) is 15.5. The summed E-state index contributed by atoms with van der Waals surface area (Å²) in [6, 6.07) is 43.1. The number of hydrogen-bond donors (Lipinski definition) is 0. The van der Waals surface area contributed by atoms with Gasteiger partial charge in [0.1, 0.15) is 4.83 Å². The molecule has 0 N–H and O–H groups in total. The predicted molar refractivity (Wildman–Crippen MR) is 215 cm³/mol. The molecule has 259 valence electrons. The van der Waals surface area contributed by atoms with Crippen LogP contribution in [-0.2, 0) is 26.5 Å². The van der Waals surface area contributed by atoms with Crippen molar-refractivity contribution in [1.82, 2.24) is 19.5 Å². The third kappa shape index (κ3) is 7.68. The summed E-state index contributed by atoms with van der Waals surface area (Å²) in [6.07, 6.45) is 2.25. The molecule has 0 aliphatic carbocycles. The van der Waals surface area contributed by atoms with Crippen LogP contribution in [0.15, 0.2) is 122 Å². The monoisotopic (exact) mass is 881 g/mol. The fourth-order valence-electron chi connectivity index (χ4n) is 6.42. The van der Waals surface area contributed by atoms with Crippen molar-refractivity contribution in [3.05, 3.63) is 145 Å². The first-order valence-corrected chi connectivity index (χ1v) is 21.4. The van der Waals surface area contributed by atoms with E-state index in [1.807, 2.05) is 98.2 Å². The van der Waals surface area contributed by atoms with Crippen LogP contribution in [0.5, 0.6) is 0 Å². The van der Waals surface area contributed by atoms with Gasteiger partial charge in [-0.05, 0) is 70.9 Å². The molecular weight excluding hydrogens is 837 g/mol. The molecule has 4 nitrogen and oxygen atoms in total. The summed E-state index contributed by atoms with van der Waals surface area (Å²) in [5, 5.41) is 3.50. The minimum atomic E-state index is -1.77. The first-order chi connectivity index (χ1) is 24.9. The minimum absolute atomic E-state index is 0. The van der Waals surface area contributed by atoms with Gasteiger partial charge in [-0.1, -0.05) is 97.7 Å². The molecule has 7 heteroatoms. The molecule has 8 rings (SSSR count). The molecular formula is C44H42IrN4SSi-2. The molecule has 8 aromatic rings. The number of nitrogens with zero attached hydrogens (tertiary/aromatic N) is 4. The van der Waals surface area contributed by atoms with E-state index in [0.29, 0.717) is 6.04 Å². The van der Waals surface area contributed by atoms with E-state index in [0.717, 1.165) is 54.8 Å². The topological polar surface area (TPSA) is 43.6 Å². The molecule has 1 unspecified atom stereocenters. The molecule has 0 saturated carbocycles. The summed E-state index contributed by atoms with van der Waals surface area (Å²) in [7, 11) is -1.77. The molecule has 0 fully saturated rings. The number of benzene rings is 4. The van der Waals surface area contributed by atoms with E-state index >= 15 is 0 Å². The third-order valence-corrected chi connectivity index (χ3v) is 12.1. The van der Waals surface area contributed by atoms with Gasteiger partial charge in [-0.2, -0.15) is 11.3 Å². The number of imidazole rings is 1. The fraction of sp³-hybridized carbons (Fsp3) is 0.205. The van der Waals surface area contributed by atoms with Gasteiger partial charge in [-0.3, -0.25) is 4.98 Å². The van der Waals surface area contributed by atoms with Crippen LogP contribution in [0.3, 0.4) is 0 Å². The molecule has 4 aromatic carbocycles. The van der Waals surface area contributed by atoms with E-state index in [9.17, 15) is 0 Å². The van der Waals surface area contributed by atoms with E-state index in [-0.39, 0.29) is 26.0 Å². The molecule has 0 saturated heterocycles. The Morgan fingerprint density at radius 3 is 2.33 bits per heavy atom. The van der Waals surface area contributed by atoms with E-state index in [4.69, 9.17) is 7.73 Å². The van der Waals surface area contributed by atoms with Gasteiger partial charge in [-0.25, -0.2) is 4.98 Å². The van der Waals surface area contributed by atoms with Crippen LogP contribution in [0, 0.1) is 12.1 Å². The molecule has 0 spiro atoms. The molecule has 0 aliphatic rings. The van der Waals surface area contributed by atoms with Gasteiger partial charge in [0.2, 0.25) is 0 Å². The van der Waals surface area contributed by atoms with Gasteiger partial charge in [0, 0.05) is 41.3 Å². The summed E-state index contributed by atoms with van der Waals surface area (Å²) in [5.74, 6) is 0.720. The number of para-hydroxylation sites is 2. The molecule has 0 amide bonds. The Morgan fingerprint density at radius 2 is 1.59 bits per heavy atom. The van der Waals surface area contributed by atoms with Gasteiger partial charge in [0.15, 0.2) is 0 Å². The van der Waals surface area contributed by atoms with Crippen molar-refractivity contribution in [2.75, 3.05) is 0 Å². The Bertz CT molecular complexity index is 2490. The van der Waals surface area contributed by atoms with Crippen molar-refractivity contribution >= 4 is 55.9 Å². The van der Waals surface area contributed by atoms with E-state index < -0.39 is 14.4 Å². The zero-order valence-electron chi connectivity index (χ0n) is 31.7. The molecule has 51 heavy (non-hydrogen) atoms. The van der Waals surface area contributed by atoms with Gasteiger partial charge in [0.25, 0.3) is 0 Å². The van der Waals surface area contributed by atoms with Gasteiger partial charge >= 0.3 is 0 Å². The summed E-state index contributed by atoms with van der Waals surface area (Å²) in [5.41, 5.74) is 6.69. The standard InChI is InChI=1S/C23H26NSi.C21H16N3S.Ir/c1-18(19-11-7-5-8-12-19)15-21-16-22(20-13-9-6-10-14-20)24-17-23(21)25(2,3)4;1-13(2)24-18-11-4-3-10-17(18)23-20(24)16-8-5-7-14-15-9-6-12-22-21(15)25-19(14)16;/h5-13,16-18H,15H2,1-4H3;3-7,9-13H,1-2H3;/q2*-1;/i15D2;;. The normalized spacial score (nSPS) is 13.0. The second-order valence-electron chi connectivity index (χ2n) is 13.9. The second-order valence-corrected chi connectivity index (χ2v) is 19.9. The van der Waals surface area contributed by atoms with E-state index in [1.54, 1.807) is 11.3 Å². The predicted octanol–water partition coefficient (Wildman–Crippen LogP) is 11.3. The van der Waals surface area contributed by atoms with Gasteiger partial charge in [0.05, 0.1) is 24.9 Å². The van der Waals surface area contributed by atoms with Crippen molar-refractivity contribution in [1.29, 1.82) is 0 Å². The number of aromatic nitrogens is 4. The molecule has 0 aliphatic heterocycles. The molecule has 1 atom stereocenters. The van der Waals surface area contributed by atoms with Crippen LogP contribution in [0.1, 0.15) is 46.6 Å². The first kappa shape index (κ1) is 33.9. The number of fused-ring (bicyclic) bond motifs is 4. The van der Waals surface area contributed by atoms with Gasteiger partial charge < -0.3 is 9.55 Å². The van der Waals surface area contributed by atoms with Crippen molar-refractivity contribution in [3.63, 3.8) is 0 Å². The van der Waals surface area contributed by atoms with Gasteiger partial charge in [-0.15, -0.1) is 54.1 Å². The zero-order chi connectivity index (χ0) is 36.6. The maximum absolute atomic E-state index is 9.04. The van der Waals surface area contributed by atoms with Crippen molar-refractivity contribution in [2.45, 2.75) is 58.7 Å². The van der Waals surface area contributed by atoms with Crippen LogP contribution in [0.4, 0.5) is 0 Å². The summed E-state index contributed by atoms with van der Waals surface area (Å²) in [4.78, 5) is 15.2. The van der Waals surface area contributed by atoms with Crippen molar-refractivity contribution in [2.24, 2.45) is 0 Å². The number of pyridine rings is 2. The number of rotatable bonds is 7. The Hall–Kier alpha value is -4.26. The summed E-state index contributed by atoms with van der Waals surface area (Å²) in [6.45, 7) is 13.1. The van der Waals surface area contributed by atoms with Crippen LogP contribution in [0.25, 0.3) is 54.0 Å².